The van der Waals surface area contributed by atoms with Gasteiger partial charge in [-0.3, -0.25) is 0 Å². The topological polar surface area (TPSA) is 52.6 Å². The highest BCUT2D eigenvalue weighted by Crippen LogP contribution is 2.17. The van der Waals surface area contributed by atoms with Crippen LogP contribution in [0.3, 0.4) is 0 Å². The van der Waals surface area contributed by atoms with Gasteiger partial charge in [-0.25, -0.2) is 12.8 Å². The molecular weight excluding hydrogens is 259 g/mol. The molecule has 0 heterocycles. The van der Waals surface area contributed by atoms with Crippen LogP contribution in [0.25, 0.3) is 0 Å². The number of hydrogen-bond acceptors (Lipinski definition) is 4. The maximum atomic E-state index is 13.4. The summed E-state index contributed by atoms with van der Waals surface area (Å²) in [6.45, 7) is 4.14. The van der Waals surface area contributed by atoms with Crippen molar-refractivity contribution in [2.45, 2.75) is 25.0 Å². The van der Waals surface area contributed by atoms with Crippen molar-refractivity contribution in [1.82, 2.24) is 0 Å². The van der Waals surface area contributed by atoms with Gasteiger partial charge >= 0.3 is 0 Å². The number of benzene rings is 1. The van der Waals surface area contributed by atoms with Crippen molar-refractivity contribution in [2.24, 2.45) is 0 Å². The molecule has 0 atom stereocenters. The standard InChI is InChI=1S/C12H17FO4S/c1-3-16-12(17-4-2)9-18(14,15)11-8-6-5-7-10(11)13/h5-8,12H,3-4,9H2,1-2H3. The van der Waals surface area contributed by atoms with Crippen LogP contribution in [0.15, 0.2) is 29.2 Å². The van der Waals surface area contributed by atoms with E-state index in [1.807, 2.05) is 0 Å². The summed E-state index contributed by atoms with van der Waals surface area (Å²) in [7, 11) is -3.76. The number of rotatable bonds is 7. The van der Waals surface area contributed by atoms with Gasteiger partial charge in [-0.05, 0) is 26.0 Å². The molecule has 0 fully saturated rings. The Morgan fingerprint density at radius 1 is 1.17 bits per heavy atom. The number of sulfone groups is 1. The Bertz CT molecular complexity index is 467. The molecule has 0 spiro atoms. The van der Waals surface area contributed by atoms with Gasteiger partial charge in [0, 0.05) is 13.2 Å². The first-order valence-corrected chi connectivity index (χ1v) is 7.37. The Balaban J connectivity index is 2.90. The summed E-state index contributed by atoms with van der Waals surface area (Å²) in [5.41, 5.74) is 0. The van der Waals surface area contributed by atoms with Crippen LogP contribution in [0.4, 0.5) is 4.39 Å². The quantitative estimate of drug-likeness (QED) is 0.715. The fourth-order valence-electron chi connectivity index (χ4n) is 1.48. The van der Waals surface area contributed by atoms with Crippen LogP contribution in [0.2, 0.25) is 0 Å². The highest BCUT2D eigenvalue weighted by Gasteiger charge is 2.24. The lowest BCUT2D eigenvalue weighted by molar-refractivity contribution is -0.120. The first kappa shape index (κ1) is 15.1. The van der Waals surface area contributed by atoms with Gasteiger partial charge in [0.2, 0.25) is 0 Å². The average molecular weight is 276 g/mol. The normalized spacial score (nSPS) is 12.0. The summed E-state index contributed by atoms with van der Waals surface area (Å²) in [4.78, 5) is -0.325. The van der Waals surface area contributed by atoms with Gasteiger partial charge < -0.3 is 9.47 Å². The summed E-state index contributed by atoms with van der Waals surface area (Å²) >= 11 is 0. The van der Waals surface area contributed by atoms with Crippen molar-refractivity contribution in [3.8, 4) is 0 Å². The van der Waals surface area contributed by atoms with Gasteiger partial charge in [0.25, 0.3) is 0 Å². The largest absolute Gasteiger partial charge is 0.352 e. The van der Waals surface area contributed by atoms with E-state index in [9.17, 15) is 12.8 Å². The fourth-order valence-corrected chi connectivity index (χ4v) is 2.86. The third kappa shape index (κ3) is 4.04. The number of halogens is 1. The van der Waals surface area contributed by atoms with Gasteiger partial charge in [0.15, 0.2) is 16.1 Å². The highest BCUT2D eigenvalue weighted by molar-refractivity contribution is 7.91. The van der Waals surface area contributed by atoms with Crippen LogP contribution in [-0.4, -0.2) is 33.7 Å². The summed E-state index contributed by atoms with van der Waals surface area (Å²) in [5, 5.41) is 0. The predicted molar refractivity (Wildman–Crippen MR) is 65.5 cm³/mol. The lowest BCUT2D eigenvalue weighted by Gasteiger charge is -2.17. The first-order chi connectivity index (χ1) is 8.51. The molecule has 0 amide bonds. The Kier molecular flexibility index (Phi) is 5.71. The Labute approximate surface area is 107 Å². The molecule has 1 rings (SSSR count). The molecule has 0 bridgehead atoms. The molecule has 1 aromatic rings. The molecule has 4 nitrogen and oxygen atoms in total. The van der Waals surface area contributed by atoms with Crippen LogP contribution in [0.5, 0.6) is 0 Å². The SMILES string of the molecule is CCOC(CS(=O)(=O)c1ccccc1F)OCC. The molecule has 0 saturated carbocycles. The minimum atomic E-state index is -3.76. The van der Waals surface area contributed by atoms with Gasteiger partial charge in [0.05, 0.1) is 0 Å². The average Bonchev–Trinajstić information content (AvgIpc) is 2.29. The second kappa shape index (κ2) is 6.82. The smallest absolute Gasteiger partial charge is 0.186 e. The second-order valence-electron chi connectivity index (χ2n) is 3.55. The Morgan fingerprint density at radius 3 is 2.22 bits per heavy atom. The zero-order chi connectivity index (χ0) is 13.6. The monoisotopic (exact) mass is 276 g/mol. The Morgan fingerprint density at radius 2 is 1.72 bits per heavy atom. The van der Waals surface area contributed by atoms with Gasteiger partial charge in [0.1, 0.15) is 16.5 Å². The predicted octanol–water partition coefficient (Wildman–Crippen LogP) is 2.00. The van der Waals surface area contributed by atoms with Crippen LogP contribution >= 0.6 is 0 Å². The second-order valence-corrected chi connectivity index (χ2v) is 5.55. The van der Waals surface area contributed by atoms with E-state index >= 15 is 0 Å². The molecule has 0 aliphatic heterocycles. The lowest BCUT2D eigenvalue weighted by atomic mass is 10.3. The summed E-state index contributed by atoms with van der Waals surface area (Å²) in [6.07, 6.45) is -0.871. The van der Waals surface area contributed by atoms with Gasteiger partial charge in [-0.15, -0.1) is 0 Å². The third-order valence-electron chi connectivity index (χ3n) is 2.23. The molecule has 0 aliphatic rings. The minimum Gasteiger partial charge on any atom is -0.352 e. The van der Waals surface area contributed by atoms with E-state index in [4.69, 9.17) is 9.47 Å². The van der Waals surface area contributed by atoms with Crippen LogP contribution in [-0.2, 0) is 19.3 Å². The van der Waals surface area contributed by atoms with Crippen molar-refractivity contribution >= 4 is 9.84 Å². The molecule has 1 aromatic carbocycles. The van der Waals surface area contributed by atoms with Crippen molar-refractivity contribution in [3.05, 3.63) is 30.1 Å². The summed E-state index contributed by atoms with van der Waals surface area (Å²) < 4.78 is 47.8. The van der Waals surface area contributed by atoms with Crippen LogP contribution < -0.4 is 0 Å². The number of hydrogen-bond donors (Lipinski definition) is 0. The molecule has 18 heavy (non-hydrogen) atoms. The van der Waals surface area contributed by atoms with Crippen LogP contribution in [0, 0.1) is 5.82 Å². The molecule has 0 aromatic heterocycles. The van der Waals surface area contributed by atoms with Crippen molar-refractivity contribution in [2.75, 3.05) is 19.0 Å². The Hall–Kier alpha value is -0.980. The molecular formula is C12H17FO4S. The highest BCUT2D eigenvalue weighted by atomic mass is 32.2. The van der Waals surface area contributed by atoms with E-state index in [0.29, 0.717) is 13.2 Å². The van der Waals surface area contributed by atoms with E-state index in [1.54, 1.807) is 13.8 Å². The van der Waals surface area contributed by atoms with Crippen molar-refractivity contribution in [3.63, 3.8) is 0 Å². The maximum absolute atomic E-state index is 13.4. The molecule has 0 saturated heterocycles. The molecule has 6 heteroatoms. The maximum Gasteiger partial charge on any atom is 0.186 e. The van der Waals surface area contributed by atoms with E-state index in [-0.39, 0.29) is 4.90 Å². The fraction of sp³-hybridized carbons (Fsp3) is 0.500. The third-order valence-corrected chi connectivity index (χ3v) is 3.94. The van der Waals surface area contributed by atoms with Gasteiger partial charge in [-0.1, -0.05) is 12.1 Å². The minimum absolute atomic E-state index is 0.325. The first-order valence-electron chi connectivity index (χ1n) is 5.71. The molecule has 102 valence electrons. The molecule has 0 aliphatic carbocycles. The zero-order valence-electron chi connectivity index (χ0n) is 10.4. The van der Waals surface area contributed by atoms with E-state index in [1.165, 1.54) is 18.2 Å². The molecule has 0 unspecified atom stereocenters. The van der Waals surface area contributed by atoms with E-state index < -0.39 is 27.7 Å². The zero-order valence-corrected chi connectivity index (χ0v) is 11.2. The molecule has 0 N–H and O–H groups in total. The number of ether oxygens (including phenoxy) is 2. The van der Waals surface area contributed by atoms with Crippen LogP contribution in [0.1, 0.15) is 13.8 Å². The van der Waals surface area contributed by atoms with E-state index in [2.05, 4.69) is 0 Å². The van der Waals surface area contributed by atoms with E-state index in [0.717, 1.165) is 6.07 Å². The molecule has 0 radical (unpaired) electrons. The van der Waals surface area contributed by atoms with Crippen molar-refractivity contribution < 1.29 is 22.3 Å². The summed E-state index contributed by atoms with van der Waals surface area (Å²) in [5.74, 6) is -1.15. The van der Waals surface area contributed by atoms with Gasteiger partial charge in [-0.2, -0.15) is 0 Å². The lowest BCUT2D eigenvalue weighted by Crippen LogP contribution is -2.27. The summed E-state index contributed by atoms with van der Waals surface area (Å²) in [6, 6.07) is 5.27. The van der Waals surface area contributed by atoms with Crippen molar-refractivity contribution in [1.29, 1.82) is 0 Å².